The zero-order valence-electron chi connectivity index (χ0n) is 19.4. The van der Waals surface area contributed by atoms with E-state index in [1.165, 1.54) is 5.56 Å². The van der Waals surface area contributed by atoms with E-state index in [0.29, 0.717) is 30.9 Å². The predicted octanol–water partition coefficient (Wildman–Crippen LogP) is 5.32. The molecule has 3 N–H and O–H groups in total. The van der Waals surface area contributed by atoms with E-state index in [1.54, 1.807) is 0 Å². The van der Waals surface area contributed by atoms with Gasteiger partial charge in [0.15, 0.2) is 0 Å². The molecule has 0 spiro atoms. The summed E-state index contributed by atoms with van der Waals surface area (Å²) in [4.78, 5) is 0. The Morgan fingerprint density at radius 2 is 1.58 bits per heavy atom. The minimum atomic E-state index is 0.0794. The lowest BCUT2D eigenvalue weighted by molar-refractivity contribution is 0.264. The maximum Gasteiger partial charge on any atom is 0.0944 e. The molecule has 2 fully saturated rings. The first kappa shape index (κ1) is 29.1. The van der Waals surface area contributed by atoms with Crippen LogP contribution in [0.5, 0.6) is 0 Å². The molecule has 1 aliphatic heterocycles. The average molecular weight is 447 g/mol. The number of nitriles is 1. The molecule has 2 aromatic rings. The molecule has 0 amide bonds. The lowest BCUT2D eigenvalue weighted by Crippen LogP contribution is -2.23. The fraction of sp³-hybridized carbons (Fsp3) is 0.500. The minimum absolute atomic E-state index is 0.0794. The van der Waals surface area contributed by atoms with Gasteiger partial charge in [0.05, 0.1) is 31.1 Å². The Labute approximate surface area is 194 Å². The summed E-state index contributed by atoms with van der Waals surface area (Å²) in [6.07, 6.45) is 1.95. The number of aliphatic hydroxyl groups is 1. The van der Waals surface area contributed by atoms with E-state index in [2.05, 4.69) is 18.2 Å². The number of nitrogens with two attached hydrogens (primary N) is 1. The molecule has 2 aromatic carbocycles. The number of hydrogen-bond donors (Lipinski definition) is 2. The van der Waals surface area contributed by atoms with Crippen LogP contribution in [0.2, 0.25) is 0 Å². The minimum Gasteiger partial charge on any atom is -0.396 e. The molecule has 4 rings (SSSR count). The number of benzene rings is 2. The number of epoxide rings is 1. The molecule has 0 bridgehead atoms. The second-order valence-corrected chi connectivity index (χ2v) is 7.05. The molecule has 0 radical (unpaired) electrons. The van der Waals surface area contributed by atoms with Gasteiger partial charge in [-0.25, -0.2) is 0 Å². The number of nitrogens with zero attached hydrogens (tertiary/aromatic N) is 1. The second kappa shape index (κ2) is 17.7. The van der Waals surface area contributed by atoms with Crippen LogP contribution in [0.15, 0.2) is 60.7 Å². The molecular formula is C26H39ClN2O2. The Hall–Kier alpha value is -1.90. The summed E-state index contributed by atoms with van der Waals surface area (Å²) in [6.45, 7) is 9.78. The van der Waals surface area contributed by atoms with Crippen molar-refractivity contribution in [2.24, 2.45) is 11.7 Å². The van der Waals surface area contributed by atoms with Gasteiger partial charge in [-0.2, -0.15) is 5.26 Å². The average Bonchev–Trinajstić information content (AvgIpc) is 3.79. The van der Waals surface area contributed by atoms with E-state index in [4.69, 9.17) is 32.4 Å². The van der Waals surface area contributed by atoms with Gasteiger partial charge in [0, 0.05) is 18.6 Å². The van der Waals surface area contributed by atoms with Crippen molar-refractivity contribution in [1.29, 1.82) is 5.26 Å². The van der Waals surface area contributed by atoms with Crippen molar-refractivity contribution in [2.75, 3.05) is 25.6 Å². The lowest BCUT2D eigenvalue weighted by Gasteiger charge is -2.14. The topological polar surface area (TPSA) is 82.6 Å². The summed E-state index contributed by atoms with van der Waals surface area (Å²) >= 11 is 5.27. The van der Waals surface area contributed by atoms with Crippen molar-refractivity contribution < 1.29 is 9.84 Å². The molecule has 5 heteroatoms. The van der Waals surface area contributed by atoms with Gasteiger partial charge >= 0.3 is 0 Å². The van der Waals surface area contributed by atoms with Crippen LogP contribution in [-0.4, -0.2) is 36.8 Å². The first-order valence-corrected chi connectivity index (χ1v) is 11.7. The fourth-order valence-corrected chi connectivity index (χ4v) is 3.13. The smallest absolute Gasteiger partial charge is 0.0944 e. The molecule has 3 atom stereocenters. The van der Waals surface area contributed by atoms with Crippen LogP contribution in [0.3, 0.4) is 0 Å². The maximum absolute atomic E-state index is 9.08. The van der Waals surface area contributed by atoms with Crippen molar-refractivity contribution in [3.63, 3.8) is 0 Å². The third kappa shape index (κ3) is 10.8. The van der Waals surface area contributed by atoms with Gasteiger partial charge in [-0.3, -0.25) is 0 Å². The number of alkyl halides is 1. The SMILES string of the molecule is CC.CC.ClCC1CO1.N#CCc1ccccc1.NCC1(c2ccccc2)CC1CO. The van der Waals surface area contributed by atoms with Gasteiger partial charge in [0.2, 0.25) is 0 Å². The number of ether oxygens (including phenoxy) is 1. The molecule has 2 aliphatic rings. The van der Waals surface area contributed by atoms with Crippen LogP contribution in [-0.2, 0) is 16.6 Å². The molecule has 172 valence electrons. The molecular weight excluding hydrogens is 408 g/mol. The fourth-order valence-electron chi connectivity index (χ4n) is 2.96. The van der Waals surface area contributed by atoms with Crippen LogP contribution < -0.4 is 5.73 Å². The van der Waals surface area contributed by atoms with Crippen molar-refractivity contribution in [2.45, 2.75) is 52.1 Å². The first-order chi connectivity index (χ1) is 15.2. The van der Waals surface area contributed by atoms with E-state index in [9.17, 15) is 0 Å². The highest BCUT2D eigenvalue weighted by Gasteiger charge is 2.53. The quantitative estimate of drug-likeness (QED) is 0.480. The zero-order chi connectivity index (χ0) is 23.5. The molecule has 31 heavy (non-hydrogen) atoms. The van der Waals surface area contributed by atoms with Crippen molar-refractivity contribution in [3.8, 4) is 6.07 Å². The number of halogens is 1. The second-order valence-electron chi connectivity index (χ2n) is 6.74. The van der Waals surface area contributed by atoms with Crippen molar-refractivity contribution in [1.82, 2.24) is 0 Å². The van der Waals surface area contributed by atoms with Gasteiger partial charge < -0.3 is 15.6 Å². The summed E-state index contributed by atoms with van der Waals surface area (Å²) in [6, 6.07) is 22.1. The highest BCUT2D eigenvalue weighted by atomic mass is 35.5. The Balaban J connectivity index is 0.000000434. The zero-order valence-corrected chi connectivity index (χ0v) is 20.2. The molecule has 4 nitrogen and oxygen atoms in total. The Kier molecular flexibility index (Phi) is 16.7. The number of hydrogen-bond acceptors (Lipinski definition) is 4. The van der Waals surface area contributed by atoms with E-state index >= 15 is 0 Å². The summed E-state index contributed by atoms with van der Waals surface area (Å²) in [5.41, 5.74) is 8.19. The summed E-state index contributed by atoms with van der Waals surface area (Å²) in [5.74, 6) is 1.04. The van der Waals surface area contributed by atoms with E-state index in [1.807, 2.05) is 76.2 Å². The van der Waals surface area contributed by atoms with Crippen LogP contribution in [0, 0.1) is 17.2 Å². The van der Waals surface area contributed by atoms with E-state index in [-0.39, 0.29) is 12.0 Å². The molecule has 1 saturated carbocycles. The third-order valence-corrected chi connectivity index (χ3v) is 5.21. The molecule has 1 aliphatic carbocycles. The normalized spacial score (nSPS) is 21.6. The van der Waals surface area contributed by atoms with E-state index < -0.39 is 0 Å². The lowest BCUT2D eigenvalue weighted by atomic mass is 9.93. The van der Waals surface area contributed by atoms with Gasteiger partial charge in [-0.1, -0.05) is 88.4 Å². The first-order valence-electron chi connectivity index (χ1n) is 11.1. The third-order valence-electron chi connectivity index (χ3n) is 4.87. The summed E-state index contributed by atoms with van der Waals surface area (Å²) in [7, 11) is 0. The molecule has 1 saturated heterocycles. The van der Waals surface area contributed by atoms with Crippen LogP contribution >= 0.6 is 11.6 Å². The monoisotopic (exact) mass is 446 g/mol. The van der Waals surface area contributed by atoms with Gasteiger partial charge in [0.1, 0.15) is 0 Å². The molecule has 1 heterocycles. The maximum atomic E-state index is 9.08. The highest BCUT2D eigenvalue weighted by Crippen LogP contribution is 2.53. The van der Waals surface area contributed by atoms with Crippen LogP contribution in [0.1, 0.15) is 45.2 Å². The van der Waals surface area contributed by atoms with Crippen molar-refractivity contribution >= 4 is 11.6 Å². The predicted molar refractivity (Wildman–Crippen MR) is 131 cm³/mol. The Morgan fingerprint density at radius 3 is 1.90 bits per heavy atom. The summed E-state index contributed by atoms with van der Waals surface area (Å²) in [5, 5.41) is 17.3. The van der Waals surface area contributed by atoms with Crippen molar-refractivity contribution in [3.05, 3.63) is 71.8 Å². The number of rotatable bonds is 5. The van der Waals surface area contributed by atoms with Gasteiger partial charge in [-0.15, -0.1) is 11.6 Å². The van der Waals surface area contributed by atoms with Crippen LogP contribution in [0.25, 0.3) is 0 Å². The number of aliphatic hydroxyl groups excluding tert-OH is 1. The molecule has 0 aromatic heterocycles. The van der Waals surface area contributed by atoms with Gasteiger partial charge in [0.25, 0.3) is 0 Å². The van der Waals surface area contributed by atoms with Crippen LogP contribution in [0.4, 0.5) is 0 Å². The van der Waals surface area contributed by atoms with Gasteiger partial charge in [-0.05, 0) is 23.5 Å². The highest BCUT2D eigenvalue weighted by molar-refractivity contribution is 6.18. The largest absolute Gasteiger partial charge is 0.396 e. The summed E-state index contributed by atoms with van der Waals surface area (Å²) < 4.78 is 4.73. The standard InChI is InChI=1S/C11H15NO.C8H7N.C3H5ClO.2C2H6/c12-8-11(6-10(11)7-13)9-4-2-1-3-5-9;9-7-6-8-4-2-1-3-5-8;4-1-3-2-5-3;2*1-2/h1-5,10,13H,6-8,12H2;1-5H,6H2;3H,1-2H2;2*1-2H3. The van der Waals surface area contributed by atoms with E-state index in [0.717, 1.165) is 18.6 Å². The Bertz CT molecular complexity index is 702. The Morgan fingerprint density at radius 1 is 1.06 bits per heavy atom. The molecule has 3 unspecified atom stereocenters.